The number of benzene rings is 1. The first kappa shape index (κ1) is 20.9. The zero-order valence-electron chi connectivity index (χ0n) is 14.2. The summed E-state index contributed by atoms with van der Waals surface area (Å²) in [4.78, 5) is 34.6. The predicted molar refractivity (Wildman–Crippen MR) is 93.8 cm³/mol. The van der Waals surface area contributed by atoms with E-state index < -0.39 is 24.0 Å². The number of carbonyl (C=O) groups excluding carboxylic acids is 1. The van der Waals surface area contributed by atoms with Crippen LogP contribution in [0.5, 0.6) is 0 Å². The summed E-state index contributed by atoms with van der Waals surface area (Å²) < 4.78 is 0. The van der Waals surface area contributed by atoms with Gasteiger partial charge in [-0.2, -0.15) is 0 Å². The molecule has 1 aromatic carbocycles. The second-order valence-electron chi connectivity index (χ2n) is 6.13. The van der Waals surface area contributed by atoms with E-state index in [-0.39, 0.29) is 24.8 Å². The van der Waals surface area contributed by atoms with E-state index in [1.165, 1.54) is 6.07 Å². The first-order chi connectivity index (χ1) is 11.7. The highest BCUT2D eigenvalue weighted by atomic mass is 35.5. The van der Waals surface area contributed by atoms with Gasteiger partial charge in [0.25, 0.3) is 5.91 Å². The quantitative estimate of drug-likeness (QED) is 0.500. The molecule has 2 unspecified atom stereocenters. The lowest BCUT2D eigenvalue weighted by Crippen LogP contribution is -2.49. The highest BCUT2D eigenvalue weighted by Crippen LogP contribution is 2.11. The average Bonchev–Trinajstić information content (AvgIpc) is 2.52. The Balaban J connectivity index is 2.59. The first-order valence-electron chi connectivity index (χ1n) is 7.96. The van der Waals surface area contributed by atoms with Crippen molar-refractivity contribution in [1.29, 1.82) is 0 Å². The summed E-state index contributed by atoms with van der Waals surface area (Å²) in [6.07, 6.45) is 0.373. The van der Waals surface area contributed by atoms with E-state index in [1.54, 1.807) is 18.2 Å². The van der Waals surface area contributed by atoms with Crippen LogP contribution < -0.4 is 10.6 Å². The second-order valence-corrected chi connectivity index (χ2v) is 6.57. The minimum absolute atomic E-state index is 0.0590. The highest BCUT2D eigenvalue weighted by molar-refractivity contribution is 6.30. The van der Waals surface area contributed by atoms with Crippen LogP contribution in [0.4, 0.5) is 0 Å². The molecular formula is C17H23ClN2O5. The number of hydrogen-bond acceptors (Lipinski definition) is 4. The van der Waals surface area contributed by atoms with E-state index in [9.17, 15) is 24.6 Å². The van der Waals surface area contributed by atoms with Crippen molar-refractivity contribution < 1.29 is 24.6 Å². The third-order valence-electron chi connectivity index (χ3n) is 3.51. The van der Waals surface area contributed by atoms with Gasteiger partial charge >= 0.3 is 11.9 Å². The molecule has 2 atom stereocenters. The van der Waals surface area contributed by atoms with E-state index in [1.807, 2.05) is 13.8 Å². The monoisotopic (exact) mass is 370 g/mol. The number of carboxylic acids is 2. The topological polar surface area (TPSA) is 116 Å². The van der Waals surface area contributed by atoms with Gasteiger partial charge in [0.1, 0.15) is 12.1 Å². The van der Waals surface area contributed by atoms with Gasteiger partial charge in [-0.3, -0.25) is 19.7 Å². The molecule has 0 aliphatic carbocycles. The zero-order chi connectivity index (χ0) is 19.0. The molecule has 7 nitrogen and oxygen atoms in total. The van der Waals surface area contributed by atoms with E-state index in [4.69, 9.17) is 11.6 Å². The number of aliphatic carboxylic acids is 2. The van der Waals surface area contributed by atoms with Gasteiger partial charge in [0.15, 0.2) is 0 Å². The van der Waals surface area contributed by atoms with Crippen molar-refractivity contribution in [3.8, 4) is 0 Å². The largest absolute Gasteiger partial charge is 0.480 e. The Bertz CT molecular complexity index is 621. The SMILES string of the molecule is CC(C)CC(NC(CCNC(=O)c1cccc(Cl)c1)C(=O)O)C(=O)O. The van der Waals surface area contributed by atoms with Crippen LogP contribution in [-0.2, 0) is 9.59 Å². The molecule has 0 spiro atoms. The molecule has 4 N–H and O–H groups in total. The summed E-state index contributed by atoms with van der Waals surface area (Å²) in [6.45, 7) is 3.81. The summed E-state index contributed by atoms with van der Waals surface area (Å²) in [7, 11) is 0. The second kappa shape index (κ2) is 10.0. The van der Waals surface area contributed by atoms with Crippen molar-refractivity contribution in [1.82, 2.24) is 10.6 Å². The van der Waals surface area contributed by atoms with Crippen LogP contribution in [0.3, 0.4) is 0 Å². The Morgan fingerprint density at radius 1 is 1.12 bits per heavy atom. The van der Waals surface area contributed by atoms with Crippen molar-refractivity contribution in [2.75, 3.05) is 6.54 Å². The van der Waals surface area contributed by atoms with Gasteiger partial charge in [-0.15, -0.1) is 0 Å². The first-order valence-corrected chi connectivity index (χ1v) is 8.34. The lowest BCUT2D eigenvalue weighted by Gasteiger charge is -2.21. The van der Waals surface area contributed by atoms with Crippen LogP contribution in [0.1, 0.15) is 37.0 Å². The van der Waals surface area contributed by atoms with E-state index in [0.717, 1.165) is 0 Å². The molecule has 0 saturated carbocycles. The fraction of sp³-hybridized carbons (Fsp3) is 0.471. The number of halogens is 1. The molecule has 1 rings (SSSR count). The molecule has 0 aliphatic rings. The van der Waals surface area contributed by atoms with Crippen molar-refractivity contribution >= 4 is 29.4 Å². The third kappa shape index (κ3) is 7.53. The molecule has 1 amide bonds. The molecule has 138 valence electrons. The van der Waals surface area contributed by atoms with E-state index >= 15 is 0 Å². The van der Waals surface area contributed by atoms with Gasteiger partial charge in [0.2, 0.25) is 0 Å². The highest BCUT2D eigenvalue weighted by Gasteiger charge is 2.26. The van der Waals surface area contributed by atoms with E-state index in [2.05, 4.69) is 10.6 Å². The molecule has 0 fully saturated rings. The molecule has 0 aliphatic heterocycles. The van der Waals surface area contributed by atoms with Gasteiger partial charge < -0.3 is 15.5 Å². The molecule has 0 radical (unpaired) electrons. The lowest BCUT2D eigenvalue weighted by molar-refractivity contribution is -0.143. The molecule has 0 saturated heterocycles. The molecule has 0 bridgehead atoms. The predicted octanol–water partition coefficient (Wildman–Crippen LogP) is 2.00. The summed E-state index contributed by atoms with van der Waals surface area (Å²) >= 11 is 5.82. The average molecular weight is 371 g/mol. The van der Waals surface area contributed by atoms with Crippen LogP contribution >= 0.6 is 11.6 Å². The standard InChI is InChI=1S/C17H23ClN2O5/c1-10(2)8-14(17(24)25)20-13(16(22)23)6-7-19-15(21)11-4-3-5-12(18)9-11/h3-5,9-10,13-14,20H,6-8H2,1-2H3,(H,19,21)(H,22,23)(H,24,25). The molecule has 1 aromatic rings. The number of nitrogens with one attached hydrogen (secondary N) is 2. The van der Waals surface area contributed by atoms with Crippen LogP contribution in [0.25, 0.3) is 0 Å². The van der Waals surface area contributed by atoms with Crippen molar-refractivity contribution in [2.45, 2.75) is 38.8 Å². The summed E-state index contributed by atoms with van der Waals surface area (Å²) in [5.41, 5.74) is 0.371. The Morgan fingerprint density at radius 3 is 2.28 bits per heavy atom. The Labute approximate surface area is 151 Å². The van der Waals surface area contributed by atoms with Crippen LogP contribution in [0, 0.1) is 5.92 Å². The number of rotatable bonds is 10. The summed E-state index contributed by atoms with van der Waals surface area (Å²) in [5, 5.41) is 24.1. The van der Waals surface area contributed by atoms with Crippen LogP contribution in [0.15, 0.2) is 24.3 Å². The van der Waals surface area contributed by atoms with Gasteiger partial charge in [0, 0.05) is 17.1 Å². The molecule has 0 heterocycles. The van der Waals surface area contributed by atoms with Crippen molar-refractivity contribution in [3.63, 3.8) is 0 Å². The molecule has 25 heavy (non-hydrogen) atoms. The molecule has 0 aromatic heterocycles. The normalized spacial score (nSPS) is 13.3. The molecular weight excluding hydrogens is 348 g/mol. The maximum absolute atomic E-state index is 12.0. The van der Waals surface area contributed by atoms with Gasteiger partial charge in [-0.05, 0) is 37.0 Å². The lowest BCUT2D eigenvalue weighted by atomic mass is 10.0. The Hall–Kier alpha value is -2.12. The fourth-order valence-electron chi connectivity index (χ4n) is 2.29. The maximum atomic E-state index is 12.0. The molecule has 8 heteroatoms. The van der Waals surface area contributed by atoms with Gasteiger partial charge in [-0.1, -0.05) is 31.5 Å². The van der Waals surface area contributed by atoms with Crippen molar-refractivity contribution in [3.05, 3.63) is 34.9 Å². The van der Waals surface area contributed by atoms with E-state index in [0.29, 0.717) is 17.0 Å². The van der Waals surface area contributed by atoms with Crippen LogP contribution in [0.2, 0.25) is 5.02 Å². The van der Waals surface area contributed by atoms with Gasteiger partial charge in [-0.25, -0.2) is 0 Å². The van der Waals surface area contributed by atoms with Crippen LogP contribution in [-0.4, -0.2) is 46.7 Å². The maximum Gasteiger partial charge on any atom is 0.320 e. The smallest absolute Gasteiger partial charge is 0.320 e. The minimum atomic E-state index is -1.16. The minimum Gasteiger partial charge on any atom is -0.480 e. The third-order valence-corrected chi connectivity index (χ3v) is 3.75. The number of hydrogen-bond donors (Lipinski definition) is 4. The van der Waals surface area contributed by atoms with Gasteiger partial charge in [0.05, 0.1) is 0 Å². The fourth-order valence-corrected chi connectivity index (χ4v) is 2.48. The Morgan fingerprint density at radius 2 is 1.76 bits per heavy atom. The summed E-state index contributed by atoms with van der Waals surface area (Å²) in [6, 6.07) is 4.36. The Kier molecular flexibility index (Phi) is 8.37. The van der Waals surface area contributed by atoms with Crippen molar-refractivity contribution in [2.24, 2.45) is 5.92 Å². The number of carboxylic acid groups (broad SMARTS) is 2. The number of amides is 1. The zero-order valence-corrected chi connectivity index (χ0v) is 14.9. The number of carbonyl (C=O) groups is 3. The summed E-state index contributed by atoms with van der Waals surface area (Å²) in [5.74, 6) is -2.52.